The van der Waals surface area contributed by atoms with Crippen molar-refractivity contribution in [1.29, 1.82) is 0 Å². The van der Waals surface area contributed by atoms with Gasteiger partial charge >= 0.3 is 0 Å². The molecule has 2 aromatic rings. The second-order valence-electron chi connectivity index (χ2n) is 4.85. The van der Waals surface area contributed by atoms with Crippen molar-refractivity contribution in [3.8, 4) is 17.1 Å². The van der Waals surface area contributed by atoms with Gasteiger partial charge < -0.3 is 10.4 Å². The van der Waals surface area contributed by atoms with Crippen LogP contribution >= 0.6 is 0 Å². The van der Waals surface area contributed by atoms with Crippen LogP contribution in [0.1, 0.15) is 31.4 Å². The van der Waals surface area contributed by atoms with E-state index in [1.165, 1.54) is 12.8 Å². The summed E-state index contributed by atoms with van der Waals surface area (Å²) in [5.41, 5.74) is 2.05. The summed E-state index contributed by atoms with van der Waals surface area (Å²) < 4.78 is 0. The SMILES string of the molecule is CCNc1cc(C2CC2)nc(-c2ccc(O)cc2)n1. The fourth-order valence-electron chi connectivity index (χ4n) is 2.07. The predicted octanol–water partition coefficient (Wildman–Crippen LogP) is 3.16. The van der Waals surface area contributed by atoms with Gasteiger partial charge in [-0.15, -0.1) is 0 Å². The molecule has 19 heavy (non-hydrogen) atoms. The lowest BCUT2D eigenvalue weighted by molar-refractivity contribution is 0.475. The maximum absolute atomic E-state index is 9.34. The normalized spacial score (nSPS) is 14.4. The number of aromatic nitrogens is 2. The molecule has 1 heterocycles. The molecule has 0 atom stereocenters. The second kappa shape index (κ2) is 4.88. The van der Waals surface area contributed by atoms with Crippen LogP contribution < -0.4 is 5.32 Å². The first kappa shape index (κ1) is 12.0. The van der Waals surface area contributed by atoms with Crippen molar-refractivity contribution in [2.45, 2.75) is 25.7 Å². The van der Waals surface area contributed by atoms with Crippen LogP contribution in [0.5, 0.6) is 5.75 Å². The van der Waals surface area contributed by atoms with Gasteiger partial charge in [0.05, 0.1) is 0 Å². The molecular formula is C15H17N3O. The number of anilines is 1. The Kier molecular flexibility index (Phi) is 3.07. The molecule has 0 bridgehead atoms. The summed E-state index contributed by atoms with van der Waals surface area (Å²) in [7, 11) is 0. The highest BCUT2D eigenvalue weighted by Crippen LogP contribution is 2.40. The monoisotopic (exact) mass is 255 g/mol. The molecule has 1 aliphatic carbocycles. The van der Waals surface area contributed by atoms with E-state index in [4.69, 9.17) is 0 Å². The molecule has 0 radical (unpaired) electrons. The van der Waals surface area contributed by atoms with Crippen LogP contribution in [-0.2, 0) is 0 Å². The van der Waals surface area contributed by atoms with Crippen molar-refractivity contribution in [2.75, 3.05) is 11.9 Å². The summed E-state index contributed by atoms with van der Waals surface area (Å²) in [4.78, 5) is 9.17. The number of hydrogen-bond donors (Lipinski definition) is 2. The third kappa shape index (κ3) is 2.67. The van der Waals surface area contributed by atoms with Crippen molar-refractivity contribution < 1.29 is 5.11 Å². The van der Waals surface area contributed by atoms with Gasteiger partial charge in [0, 0.05) is 29.8 Å². The van der Waals surface area contributed by atoms with Gasteiger partial charge in [-0.3, -0.25) is 0 Å². The fourth-order valence-corrected chi connectivity index (χ4v) is 2.07. The largest absolute Gasteiger partial charge is 0.508 e. The van der Waals surface area contributed by atoms with E-state index in [1.807, 2.05) is 18.2 Å². The number of phenols is 1. The Balaban J connectivity index is 2.01. The van der Waals surface area contributed by atoms with Crippen molar-refractivity contribution in [2.24, 2.45) is 0 Å². The number of aromatic hydroxyl groups is 1. The minimum Gasteiger partial charge on any atom is -0.508 e. The highest BCUT2D eigenvalue weighted by molar-refractivity contribution is 5.59. The summed E-state index contributed by atoms with van der Waals surface area (Å²) in [6.07, 6.45) is 2.44. The summed E-state index contributed by atoms with van der Waals surface area (Å²) in [6.45, 7) is 2.90. The molecule has 1 aromatic carbocycles. The second-order valence-corrected chi connectivity index (χ2v) is 4.85. The van der Waals surface area contributed by atoms with Crippen LogP contribution in [0.15, 0.2) is 30.3 Å². The zero-order chi connectivity index (χ0) is 13.2. The smallest absolute Gasteiger partial charge is 0.161 e. The lowest BCUT2D eigenvalue weighted by Gasteiger charge is -2.08. The third-order valence-electron chi connectivity index (χ3n) is 3.22. The molecule has 0 spiro atoms. The molecule has 1 saturated carbocycles. The Morgan fingerprint density at radius 1 is 1.21 bits per heavy atom. The van der Waals surface area contributed by atoms with E-state index in [2.05, 4.69) is 22.2 Å². The lowest BCUT2D eigenvalue weighted by atomic mass is 10.2. The van der Waals surface area contributed by atoms with E-state index < -0.39 is 0 Å². The topological polar surface area (TPSA) is 58.0 Å². The van der Waals surface area contributed by atoms with Crippen LogP contribution in [0.25, 0.3) is 11.4 Å². The van der Waals surface area contributed by atoms with E-state index >= 15 is 0 Å². The molecule has 1 fully saturated rings. The predicted molar refractivity (Wildman–Crippen MR) is 75.3 cm³/mol. The van der Waals surface area contributed by atoms with Crippen LogP contribution in [0.4, 0.5) is 5.82 Å². The first-order valence-corrected chi connectivity index (χ1v) is 6.68. The van der Waals surface area contributed by atoms with Gasteiger partial charge in [-0.05, 0) is 44.0 Å². The average Bonchev–Trinajstić information content (AvgIpc) is 3.24. The standard InChI is InChI=1S/C15H17N3O/c1-2-16-14-9-13(10-3-4-10)17-15(18-14)11-5-7-12(19)8-6-11/h5-10,19H,2-4H2,1H3,(H,16,17,18). The van der Waals surface area contributed by atoms with E-state index in [1.54, 1.807) is 12.1 Å². The van der Waals surface area contributed by atoms with Gasteiger partial charge in [0.2, 0.25) is 0 Å². The van der Waals surface area contributed by atoms with Crippen molar-refractivity contribution >= 4 is 5.82 Å². The van der Waals surface area contributed by atoms with E-state index in [0.29, 0.717) is 5.92 Å². The Bertz CT molecular complexity index is 576. The molecular weight excluding hydrogens is 238 g/mol. The summed E-state index contributed by atoms with van der Waals surface area (Å²) in [5, 5.41) is 12.6. The number of nitrogens with zero attached hydrogens (tertiary/aromatic N) is 2. The molecule has 3 rings (SSSR count). The van der Waals surface area contributed by atoms with Gasteiger partial charge in [0.15, 0.2) is 5.82 Å². The van der Waals surface area contributed by atoms with Crippen molar-refractivity contribution in [3.63, 3.8) is 0 Å². The van der Waals surface area contributed by atoms with Crippen molar-refractivity contribution in [1.82, 2.24) is 9.97 Å². The number of rotatable bonds is 4. The quantitative estimate of drug-likeness (QED) is 0.881. The molecule has 0 aliphatic heterocycles. The highest BCUT2D eigenvalue weighted by Gasteiger charge is 2.26. The first-order chi connectivity index (χ1) is 9.26. The Morgan fingerprint density at radius 2 is 1.95 bits per heavy atom. The van der Waals surface area contributed by atoms with E-state index in [0.717, 1.165) is 29.4 Å². The number of hydrogen-bond acceptors (Lipinski definition) is 4. The zero-order valence-corrected chi connectivity index (χ0v) is 10.9. The third-order valence-corrected chi connectivity index (χ3v) is 3.22. The summed E-state index contributed by atoms with van der Waals surface area (Å²) in [5.74, 6) is 2.45. The van der Waals surface area contributed by atoms with Gasteiger partial charge in [-0.2, -0.15) is 0 Å². The number of phenolic OH excluding ortho intramolecular Hbond substituents is 1. The first-order valence-electron chi connectivity index (χ1n) is 6.68. The van der Waals surface area contributed by atoms with Crippen LogP contribution in [-0.4, -0.2) is 21.6 Å². The molecule has 0 amide bonds. The Morgan fingerprint density at radius 3 is 2.58 bits per heavy atom. The lowest BCUT2D eigenvalue weighted by Crippen LogP contribution is -2.03. The van der Waals surface area contributed by atoms with Gasteiger partial charge in [-0.25, -0.2) is 9.97 Å². The molecule has 98 valence electrons. The van der Waals surface area contributed by atoms with Gasteiger partial charge in [-0.1, -0.05) is 0 Å². The summed E-state index contributed by atoms with van der Waals surface area (Å²) >= 11 is 0. The van der Waals surface area contributed by atoms with Crippen LogP contribution in [0.3, 0.4) is 0 Å². The maximum Gasteiger partial charge on any atom is 0.161 e. The molecule has 4 nitrogen and oxygen atoms in total. The average molecular weight is 255 g/mol. The van der Waals surface area contributed by atoms with Crippen LogP contribution in [0, 0.1) is 0 Å². The molecule has 1 aliphatic rings. The molecule has 2 N–H and O–H groups in total. The van der Waals surface area contributed by atoms with Gasteiger partial charge in [0.25, 0.3) is 0 Å². The van der Waals surface area contributed by atoms with Crippen LogP contribution in [0.2, 0.25) is 0 Å². The molecule has 1 aromatic heterocycles. The highest BCUT2D eigenvalue weighted by atomic mass is 16.3. The Hall–Kier alpha value is -2.10. The minimum atomic E-state index is 0.258. The zero-order valence-electron chi connectivity index (χ0n) is 10.9. The molecule has 0 saturated heterocycles. The number of nitrogens with one attached hydrogen (secondary N) is 1. The minimum absolute atomic E-state index is 0.258. The summed E-state index contributed by atoms with van der Waals surface area (Å²) in [6, 6.07) is 9.06. The molecule has 0 unspecified atom stereocenters. The number of benzene rings is 1. The fraction of sp³-hybridized carbons (Fsp3) is 0.333. The Labute approximate surface area is 112 Å². The molecule has 4 heteroatoms. The van der Waals surface area contributed by atoms with E-state index in [-0.39, 0.29) is 5.75 Å². The van der Waals surface area contributed by atoms with E-state index in [9.17, 15) is 5.11 Å². The van der Waals surface area contributed by atoms with Crippen molar-refractivity contribution in [3.05, 3.63) is 36.0 Å². The maximum atomic E-state index is 9.34. The van der Waals surface area contributed by atoms with Gasteiger partial charge in [0.1, 0.15) is 11.6 Å².